The Kier molecular flexibility index (Phi) is 10.1. The van der Waals surface area contributed by atoms with E-state index in [9.17, 15) is 19.2 Å². The lowest BCUT2D eigenvalue weighted by atomic mass is 9.94. The van der Waals surface area contributed by atoms with E-state index in [1.807, 2.05) is 18.2 Å². The molecule has 1 atom stereocenters. The van der Waals surface area contributed by atoms with Gasteiger partial charge < -0.3 is 25.0 Å². The number of carboxylic acid groups (broad SMARTS) is 2. The number of hydrogen-bond donors (Lipinski definition) is 3. The first-order chi connectivity index (χ1) is 15.7. The van der Waals surface area contributed by atoms with E-state index in [1.165, 1.54) is 18.1 Å². The summed E-state index contributed by atoms with van der Waals surface area (Å²) < 4.78 is 11.8. The Bertz CT molecular complexity index is 1020. The van der Waals surface area contributed by atoms with E-state index in [2.05, 4.69) is 16.8 Å². The van der Waals surface area contributed by atoms with Crippen molar-refractivity contribution in [1.82, 2.24) is 5.32 Å². The molecule has 1 aromatic heterocycles. The van der Waals surface area contributed by atoms with Crippen molar-refractivity contribution in [3.63, 3.8) is 0 Å². The van der Waals surface area contributed by atoms with Gasteiger partial charge in [-0.25, -0.2) is 9.59 Å². The third kappa shape index (κ3) is 9.08. The van der Waals surface area contributed by atoms with Gasteiger partial charge in [0.2, 0.25) is 0 Å². The number of thioether (sulfide) groups is 1. The topological polar surface area (TPSA) is 139 Å². The van der Waals surface area contributed by atoms with Gasteiger partial charge in [0, 0.05) is 37.8 Å². The largest absolute Gasteiger partial charge is 0.478 e. The molecule has 1 aliphatic rings. The molecule has 9 nitrogen and oxygen atoms in total. The molecule has 11 heteroatoms. The molecule has 176 valence electrons. The minimum Gasteiger partial charge on any atom is -0.478 e. The smallest absolute Gasteiger partial charge is 0.328 e. The van der Waals surface area contributed by atoms with Gasteiger partial charge in [-0.3, -0.25) is 9.59 Å². The summed E-state index contributed by atoms with van der Waals surface area (Å²) in [5.41, 5.74) is 2.20. The van der Waals surface area contributed by atoms with Gasteiger partial charge in [0.15, 0.2) is 11.5 Å². The van der Waals surface area contributed by atoms with Crippen LogP contribution in [-0.2, 0) is 25.6 Å². The maximum absolute atomic E-state index is 11.4. The van der Waals surface area contributed by atoms with Crippen LogP contribution in [0.1, 0.15) is 31.0 Å². The van der Waals surface area contributed by atoms with Crippen molar-refractivity contribution < 1.29 is 38.9 Å². The zero-order chi connectivity index (χ0) is 24.4. The van der Waals surface area contributed by atoms with Crippen LogP contribution in [0.5, 0.6) is 11.5 Å². The molecule has 33 heavy (non-hydrogen) atoms. The van der Waals surface area contributed by atoms with Gasteiger partial charge in [0.05, 0.1) is 4.21 Å². The molecule has 0 aliphatic carbocycles. The van der Waals surface area contributed by atoms with Crippen molar-refractivity contribution in [2.24, 2.45) is 0 Å². The van der Waals surface area contributed by atoms with Crippen molar-refractivity contribution in [3.05, 3.63) is 52.9 Å². The van der Waals surface area contributed by atoms with Crippen molar-refractivity contribution in [2.75, 3.05) is 12.3 Å². The Morgan fingerprint density at radius 3 is 2.21 bits per heavy atom. The van der Waals surface area contributed by atoms with E-state index in [-0.39, 0.29) is 11.8 Å². The fraction of sp³-hybridized carbons (Fsp3) is 0.273. The Hall–Kier alpha value is -3.15. The number of carbonyl (C=O) groups is 4. The summed E-state index contributed by atoms with van der Waals surface area (Å²) in [5, 5.41) is 21.2. The van der Waals surface area contributed by atoms with Crippen LogP contribution in [0.4, 0.5) is 0 Å². The van der Waals surface area contributed by atoms with Crippen molar-refractivity contribution in [1.29, 1.82) is 0 Å². The maximum Gasteiger partial charge on any atom is 0.328 e. The average molecular weight is 494 g/mol. The molecule has 0 bridgehead atoms. The number of hydrogen-bond acceptors (Lipinski definition) is 9. The molecule has 1 unspecified atom stereocenters. The average Bonchev–Trinajstić information content (AvgIpc) is 3.24. The van der Waals surface area contributed by atoms with Crippen molar-refractivity contribution in [2.45, 2.75) is 30.5 Å². The molecule has 1 aromatic carbocycles. The number of esters is 2. The van der Waals surface area contributed by atoms with Crippen LogP contribution in [0.3, 0.4) is 0 Å². The maximum atomic E-state index is 11.4. The molecular formula is C22H23NO8S2. The molecular weight excluding hydrogens is 470 g/mol. The fourth-order valence-corrected chi connectivity index (χ4v) is 4.82. The molecule has 0 fully saturated rings. The molecule has 3 N–H and O–H groups in total. The van der Waals surface area contributed by atoms with Crippen LogP contribution in [0, 0.1) is 0 Å². The van der Waals surface area contributed by atoms with Crippen LogP contribution in [0.25, 0.3) is 0 Å². The second-order valence-corrected chi connectivity index (χ2v) is 8.96. The molecule has 0 spiro atoms. The summed E-state index contributed by atoms with van der Waals surface area (Å²) in [6.45, 7) is 3.52. The van der Waals surface area contributed by atoms with Gasteiger partial charge in [0.1, 0.15) is 0 Å². The molecule has 2 heterocycles. The SMILES string of the molecule is CC(=O)Oc1cc2c(cc1OC(C)=O)C(CSc1cccs1)NCC2.O=C(O)/C=C/C(=O)O. The highest BCUT2D eigenvalue weighted by molar-refractivity contribution is 8.01. The number of nitrogens with one attached hydrogen (secondary N) is 1. The summed E-state index contributed by atoms with van der Waals surface area (Å²) in [6.07, 6.45) is 1.95. The molecule has 2 aromatic rings. The number of benzene rings is 1. The monoisotopic (exact) mass is 493 g/mol. The third-order valence-electron chi connectivity index (χ3n) is 4.13. The van der Waals surface area contributed by atoms with E-state index in [0.717, 1.165) is 29.8 Å². The highest BCUT2D eigenvalue weighted by Gasteiger charge is 2.24. The summed E-state index contributed by atoms with van der Waals surface area (Å²) in [4.78, 5) is 41.8. The minimum atomic E-state index is -1.26. The fourth-order valence-electron chi connectivity index (χ4n) is 2.92. The zero-order valence-corrected chi connectivity index (χ0v) is 19.5. The predicted octanol–water partition coefficient (Wildman–Crippen LogP) is 3.29. The lowest BCUT2D eigenvalue weighted by molar-refractivity contribution is -0.134. The van der Waals surface area contributed by atoms with Gasteiger partial charge in [-0.2, -0.15) is 0 Å². The summed E-state index contributed by atoms with van der Waals surface area (Å²) in [6, 6.07) is 7.93. The number of fused-ring (bicyclic) bond motifs is 1. The van der Waals surface area contributed by atoms with E-state index < -0.39 is 23.9 Å². The number of aliphatic carboxylic acids is 2. The first-order valence-electron chi connectivity index (χ1n) is 9.73. The highest BCUT2D eigenvalue weighted by Crippen LogP contribution is 2.38. The van der Waals surface area contributed by atoms with Crippen LogP contribution in [0.2, 0.25) is 0 Å². The highest BCUT2D eigenvalue weighted by atomic mass is 32.2. The first-order valence-corrected chi connectivity index (χ1v) is 11.6. The Morgan fingerprint density at radius 2 is 1.70 bits per heavy atom. The van der Waals surface area contributed by atoms with E-state index in [4.69, 9.17) is 19.7 Å². The lowest BCUT2D eigenvalue weighted by Gasteiger charge is -2.27. The molecule has 0 amide bonds. The molecule has 0 radical (unpaired) electrons. The minimum absolute atomic E-state index is 0.150. The Balaban J connectivity index is 0.000000414. The van der Waals surface area contributed by atoms with Crippen LogP contribution >= 0.6 is 23.1 Å². The quantitative estimate of drug-likeness (QED) is 0.228. The Labute approximate surface area is 198 Å². The number of thiophene rings is 1. The molecule has 0 saturated carbocycles. The number of carboxylic acids is 2. The van der Waals surface area contributed by atoms with Gasteiger partial charge in [-0.05, 0) is 47.7 Å². The Morgan fingerprint density at radius 1 is 1.09 bits per heavy atom. The summed E-state index contributed by atoms with van der Waals surface area (Å²) in [5.74, 6) is -1.93. The second kappa shape index (κ2) is 12.8. The second-order valence-electron chi connectivity index (χ2n) is 6.69. The third-order valence-corrected chi connectivity index (χ3v) is 6.35. The van der Waals surface area contributed by atoms with Crippen molar-refractivity contribution in [3.8, 4) is 11.5 Å². The van der Waals surface area contributed by atoms with Gasteiger partial charge in [0.25, 0.3) is 0 Å². The van der Waals surface area contributed by atoms with E-state index >= 15 is 0 Å². The first kappa shape index (κ1) is 26.1. The normalized spacial score (nSPS) is 14.5. The number of carbonyl (C=O) groups excluding carboxylic acids is 2. The lowest BCUT2D eigenvalue weighted by Crippen LogP contribution is -2.31. The summed E-state index contributed by atoms with van der Waals surface area (Å²) >= 11 is 3.52. The van der Waals surface area contributed by atoms with Crippen molar-refractivity contribution >= 4 is 47.0 Å². The van der Waals surface area contributed by atoms with Crippen LogP contribution in [-0.4, -0.2) is 46.4 Å². The van der Waals surface area contributed by atoms with Gasteiger partial charge >= 0.3 is 23.9 Å². The van der Waals surface area contributed by atoms with E-state index in [1.54, 1.807) is 23.1 Å². The molecule has 0 saturated heterocycles. The molecule has 1 aliphatic heterocycles. The van der Waals surface area contributed by atoms with Gasteiger partial charge in [-0.15, -0.1) is 23.1 Å². The van der Waals surface area contributed by atoms with Crippen LogP contribution < -0.4 is 14.8 Å². The zero-order valence-electron chi connectivity index (χ0n) is 17.9. The standard InChI is InChI=1S/C18H19NO4S2.C4H4O4/c1-11(20)22-16-8-13-5-6-19-15(10-25-18-4-3-7-24-18)14(13)9-17(16)23-12(2)21;5-3(6)1-2-4(7)8/h3-4,7-9,15,19H,5-6,10H2,1-2H3;1-2H,(H,5,6)(H,7,8)/b;2-1+. The van der Waals surface area contributed by atoms with Crippen LogP contribution in [0.15, 0.2) is 46.0 Å². The van der Waals surface area contributed by atoms with E-state index in [0.29, 0.717) is 17.9 Å². The number of rotatable bonds is 7. The van der Waals surface area contributed by atoms with Gasteiger partial charge in [-0.1, -0.05) is 6.07 Å². The predicted molar refractivity (Wildman–Crippen MR) is 123 cm³/mol. The number of ether oxygens (including phenoxy) is 2. The molecule has 3 rings (SSSR count). The summed E-state index contributed by atoms with van der Waals surface area (Å²) in [7, 11) is 0.